The number of nitrogens with zero attached hydrogens (tertiary/aromatic N) is 1. The highest BCUT2D eigenvalue weighted by molar-refractivity contribution is 7.99. The molecule has 2 heteroatoms. The SMILES string of the molecule is CCSc1ccc(C)c(N=C(C(C)C)C(C)(C)C)c1. The van der Waals surface area contributed by atoms with Crippen molar-refractivity contribution in [3.63, 3.8) is 0 Å². The normalized spacial score (nSPS) is 13.2. The zero-order valence-electron chi connectivity index (χ0n) is 13.4. The fraction of sp³-hybridized carbons (Fsp3) is 0.588. The van der Waals surface area contributed by atoms with Crippen molar-refractivity contribution in [2.45, 2.75) is 53.4 Å². The maximum Gasteiger partial charge on any atom is 0.0669 e. The van der Waals surface area contributed by atoms with Crippen LogP contribution in [0.3, 0.4) is 0 Å². The van der Waals surface area contributed by atoms with Gasteiger partial charge >= 0.3 is 0 Å². The average Bonchev–Trinajstić information content (AvgIpc) is 2.28. The van der Waals surface area contributed by atoms with E-state index >= 15 is 0 Å². The summed E-state index contributed by atoms with van der Waals surface area (Å²) in [5.41, 5.74) is 3.77. The van der Waals surface area contributed by atoms with Crippen molar-refractivity contribution in [2.24, 2.45) is 16.3 Å². The molecule has 0 aliphatic carbocycles. The maximum absolute atomic E-state index is 4.98. The second-order valence-corrected chi connectivity index (χ2v) is 7.62. The molecule has 0 fully saturated rings. The average molecular weight is 277 g/mol. The smallest absolute Gasteiger partial charge is 0.0669 e. The molecule has 0 amide bonds. The van der Waals surface area contributed by atoms with Gasteiger partial charge in [0, 0.05) is 16.0 Å². The largest absolute Gasteiger partial charge is 0.257 e. The molecule has 106 valence electrons. The van der Waals surface area contributed by atoms with E-state index in [2.05, 4.69) is 66.7 Å². The Morgan fingerprint density at radius 2 is 1.89 bits per heavy atom. The number of aryl methyl sites for hydroxylation is 1. The molecule has 1 aromatic rings. The number of thioether (sulfide) groups is 1. The maximum atomic E-state index is 4.98. The van der Waals surface area contributed by atoms with Crippen molar-refractivity contribution in [3.05, 3.63) is 23.8 Å². The van der Waals surface area contributed by atoms with E-state index in [1.165, 1.54) is 16.2 Å². The Labute approximate surface area is 122 Å². The molecule has 0 atom stereocenters. The van der Waals surface area contributed by atoms with Crippen LogP contribution in [0, 0.1) is 18.3 Å². The van der Waals surface area contributed by atoms with Gasteiger partial charge in [-0.3, -0.25) is 4.99 Å². The third-order valence-electron chi connectivity index (χ3n) is 3.05. The van der Waals surface area contributed by atoms with E-state index in [-0.39, 0.29) is 5.41 Å². The summed E-state index contributed by atoms with van der Waals surface area (Å²) in [6.07, 6.45) is 0. The molecule has 1 aromatic carbocycles. The highest BCUT2D eigenvalue weighted by Gasteiger charge is 2.22. The second kappa shape index (κ2) is 6.60. The molecule has 0 radical (unpaired) electrons. The first-order valence-corrected chi connectivity index (χ1v) is 8.06. The van der Waals surface area contributed by atoms with Gasteiger partial charge in [-0.15, -0.1) is 11.8 Å². The summed E-state index contributed by atoms with van der Waals surface area (Å²) in [6.45, 7) is 15.5. The van der Waals surface area contributed by atoms with Crippen LogP contribution in [0.1, 0.15) is 47.1 Å². The summed E-state index contributed by atoms with van der Waals surface area (Å²) in [5.74, 6) is 1.57. The van der Waals surface area contributed by atoms with Gasteiger partial charge in [-0.1, -0.05) is 47.6 Å². The van der Waals surface area contributed by atoms with Crippen molar-refractivity contribution in [2.75, 3.05) is 5.75 Å². The van der Waals surface area contributed by atoms with Crippen molar-refractivity contribution >= 4 is 23.2 Å². The fourth-order valence-electron chi connectivity index (χ4n) is 2.26. The molecule has 0 bridgehead atoms. The molecule has 0 saturated carbocycles. The van der Waals surface area contributed by atoms with Crippen LogP contribution in [0.25, 0.3) is 0 Å². The third kappa shape index (κ3) is 4.68. The van der Waals surface area contributed by atoms with Crippen LogP contribution in [-0.4, -0.2) is 11.5 Å². The summed E-state index contributed by atoms with van der Waals surface area (Å²) < 4.78 is 0. The number of hydrogen-bond acceptors (Lipinski definition) is 2. The summed E-state index contributed by atoms with van der Waals surface area (Å²) in [5, 5.41) is 0. The van der Waals surface area contributed by atoms with Crippen molar-refractivity contribution in [1.29, 1.82) is 0 Å². The molecular formula is C17H27NS. The minimum absolute atomic E-state index is 0.120. The number of rotatable bonds is 4. The first kappa shape index (κ1) is 16.3. The van der Waals surface area contributed by atoms with E-state index in [1.807, 2.05) is 11.8 Å². The molecule has 1 rings (SSSR count). The molecule has 0 spiro atoms. The van der Waals surface area contributed by atoms with Crippen molar-refractivity contribution in [3.8, 4) is 0 Å². The van der Waals surface area contributed by atoms with Gasteiger partial charge in [-0.2, -0.15) is 0 Å². The Balaban J connectivity index is 3.24. The van der Waals surface area contributed by atoms with Gasteiger partial charge in [-0.05, 0) is 36.3 Å². The molecular weight excluding hydrogens is 250 g/mol. The van der Waals surface area contributed by atoms with Gasteiger partial charge in [-0.25, -0.2) is 0 Å². The first-order valence-electron chi connectivity index (χ1n) is 7.08. The van der Waals surface area contributed by atoms with E-state index in [4.69, 9.17) is 4.99 Å². The Morgan fingerprint density at radius 1 is 1.26 bits per heavy atom. The second-order valence-electron chi connectivity index (χ2n) is 6.28. The predicted octanol–water partition coefficient (Wildman–Crippen LogP) is 5.88. The van der Waals surface area contributed by atoms with E-state index in [9.17, 15) is 0 Å². The molecule has 0 aliphatic heterocycles. The first-order chi connectivity index (χ1) is 8.75. The molecule has 0 N–H and O–H groups in total. The molecule has 19 heavy (non-hydrogen) atoms. The minimum Gasteiger partial charge on any atom is -0.257 e. The van der Waals surface area contributed by atoms with Gasteiger partial charge in [0.15, 0.2) is 0 Å². The van der Waals surface area contributed by atoms with Gasteiger partial charge in [0.05, 0.1) is 5.69 Å². The van der Waals surface area contributed by atoms with Crippen molar-refractivity contribution < 1.29 is 0 Å². The van der Waals surface area contributed by atoms with Crippen LogP contribution in [0.5, 0.6) is 0 Å². The van der Waals surface area contributed by atoms with E-state index < -0.39 is 0 Å². The minimum atomic E-state index is 0.120. The molecule has 0 saturated heterocycles. The number of benzene rings is 1. The van der Waals surface area contributed by atoms with Crippen LogP contribution >= 0.6 is 11.8 Å². The highest BCUT2D eigenvalue weighted by Crippen LogP contribution is 2.30. The van der Waals surface area contributed by atoms with Gasteiger partial charge in [0.1, 0.15) is 0 Å². The Morgan fingerprint density at radius 3 is 2.37 bits per heavy atom. The van der Waals surface area contributed by atoms with Gasteiger partial charge in [0.25, 0.3) is 0 Å². The molecule has 0 aromatic heterocycles. The topological polar surface area (TPSA) is 12.4 Å². The van der Waals surface area contributed by atoms with E-state index in [0.717, 1.165) is 11.4 Å². The molecule has 0 heterocycles. The monoisotopic (exact) mass is 277 g/mol. The summed E-state index contributed by atoms with van der Waals surface area (Å²) in [6, 6.07) is 6.59. The lowest BCUT2D eigenvalue weighted by Gasteiger charge is -2.25. The Bertz CT molecular complexity index is 453. The summed E-state index contributed by atoms with van der Waals surface area (Å²) in [4.78, 5) is 6.28. The lowest BCUT2D eigenvalue weighted by atomic mass is 9.83. The van der Waals surface area contributed by atoms with Crippen LogP contribution in [0.4, 0.5) is 5.69 Å². The fourth-order valence-corrected chi connectivity index (χ4v) is 2.95. The van der Waals surface area contributed by atoms with Gasteiger partial charge in [0.2, 0.25) is 0 Å². The number of aliphatic imine (C=N–C) groups is 1. The molecule has 1 nitrogen and oxygen atoms in total. The summed E-state index contributed by atoms with van der Waals surface area (Å²) >= 11 is 1.87. The van der Waals surface area contributed by atoms with Crippen LogP contribution in [-0.2, 0) is 0 Å². The van der Waals surface area contributed by atoms with Crippen LogP contribution < -0.4 is 0 Å². The lowest BCUT2D eigenvalue weighted by molar-refractivity contribution is 0.556. The predicted molar refractivity (Wildman–Crippen MR) is 89.0 cm³/mol. The Kier molecular flexibility index (Phi) is 5.66. The molecule has 0 unspecified atom stereocenters. The standard InChI is InChI=1S/C17H27NS/c1-8-19-14-10-9-13(4)15(11-14)18-16(12(2)3)17(5,6)7/h9-12H,8H2,1-7H3. The Hall–Kier alpha value is -0.760. The van der Waals surface area contributed by atoms with Gasteiger partial charge < -0.3 is 0 Å². The third-order valence-corrected chi connectivity index (χ3v) is 3.92. The van der Waals surface area contributed by atoms with E-state index in [1.54, 1.807) is 0 Å². The zero-order valence-corrected chi connectivity index (χ0v) is 14.2. The van der Waals surface area contributed by atoms with E-state index in [0.29, 0.717) is 5.92 Å². The summed E-state index contributed by atoms with van der Waals surface area (Å²) in [7, 11) is 0. The lowest BCUT2D eigenvalue weighted by Crippen LogP contribution is -2.25. The molecule has 0 aliphatic rings. The zero-order chi connectivity index (χ0) is 14.6. The highest BCUT2D eigenvalue weighted by atomic mass is 32.2. The quantitative estimate of drug-likeness (QED) is 0.494. The van der Waals surface area contributed by atoms with Crippen LogP contribution in [0.15, 0.2) is 28.1 Å². The van der Waals surface area contributed by atoms with Crippen LogP contribution in [0.2, 0.25) is 0 Å². The number of hydrogen-bond donors (Lipinski definition) is 0. The van der Waals surface area contributed by atoms with Crippen molar-refractivity contribution in [1.82, 2.24) is 0 Å².